The van der Waals surface area contributed by atoms with Crippen molar-refractivity contribution in [2.24, 2.45) is 5.73 Å². The third kappa shape index (κ3) is 11.9. The molecule has 0 aromatic heterocycles. The van der Waals surface area contributed by atoms with Gasteiger partial charge in [-0.05, 0) is 25.9 Å². The first-order valence-electron chi connectivity index (χ1n) is 6.47. The summed E-state index contributed by atoms with van der Waals surface area (Å²) in [7, 11) is 0. The minimum atomic E-state index is -0.399. The Balaban J connectivity index is 3.08. The van der Waals surface area contributed by atoms with Crippen LogP contribution in [0.25, 0.3) is 0 Å². The van der Waals surface area contributed by atoms with E-state index in [1.807, 2.05) is 0 Å². The van der Waals surface area contributed by atoms with Gasteiger partial charge in [0.1, 0.15) is 0 Å². The Labute approximate surface area is 99.6 Å². The van der Waals surface area contributed by atoms with Gasteiger partial charge in [-0.3, -0.25) is 0 Å². The fourth-order valence-corrected chi connectivity index (χ4v) is 1.40. The molecule has 0 aliphatic heterocycles. The molecule has 1 atom stereocenters. The van der Waals surface area contributed by atoms with E-state index in [4.69, 9.17) is 10.5 Å². The first-order valence-corrected chi connectivity index (χ1v) is 6.47. The number of hydrogen-bond donors (Lipinski definition) is 3. The van der Waals surface area contributed by atoms with E-state index in [0.717, 1.165) is 26.0 Å². The number of nitrogens with two attached hydrogens (primary N) is 1. The van der Waals surface area contributed by atoms with Gasteiger partial charge in [-0.2, -0.15) is 0 Å². The van der Waals surface area contributed by atoms with Crippen molar-refractivity contribution < 1.29 is 9.84 Å². The number of aliphatic hydroxyl groups is 1. The molecular formula is C12H28N2O2. The van der Waals surface area contributed by atoms with Crippen LogP contribution >= 0.6 is 0 Å². The zero-order valence-electron chi connectivity index (χ0n) is 10.6. The van der Waals surface area contributed by atoms with Crippen molar-refractivity contribution in [2.75, 3.05) is 32.8 Å². The molecule has 1 unspecified atom stereocenters. The lowest BCUT2D eigenvalue weighted by atomic mass is 10.2. The molecule has 0 radical (unpaired) electrons. The number of ether oxygens (including phenoxy) is 1. The standard InChI is InChI=1S/C12H28N2O2/c1-2-3-4-5-9-16-11-12(15)10-14-8-6-7-13/h12,14-15H,2-11,13H2,1H3. The van der Waals surface area contributed by atoms with Gasteiger partial charge in [0.15, 0.2) is 0 Å². The summed E-state index contributed by atoms with van der Waals surface area (Å²) in [4.78, 5) is 0. The van der Waals surface area contributed by atoms with Crippen molar-refractivity contribution in [3.8, 4) is 0 Å². The number of nitrogens with one attached hydrogen (secondary N) is 1. The maximum atomic E-state index is 9.53. The quantitative estimate of drug-likeness (QED) is 0.437. The molecule has 0 spiro atoms. The smallest absolute Gasteiger partial charge is 0.0897 e. The monoisotopic (exact) mass is 232 g/mol. The molecule has 0 fully saturated rings. The van der Waals surface area contributed by atoms with E-state index in [1.165, 1.54) is 19.3 Å². The lowest BCUT2D eigenvalue weighted by Crippen LogP contribution is -2.31. The van der Waals surface area contributed by atoms with Crippen LogP contribution in [-0.2, 0) is 4.74 Å². The van der Waals surface area contributed by atoms with E-state index in [-0.39, 0.29) is 0 Å². The van der Waals surface area contributed by atoms with Crippen LogP contribution in [0.1, 0.15) is 39.0 Å². The highest BCUT2D eigenvalue weighted by Crippen LogP contribution is 1.99. The van der Waals surface area contributed by atoms with Crippen molar-refractivity contribution in [1.29, 1.82) is 0 Å². The average molecular weight is 232 g/mol. The van der Waals surface area contributed by atoms with Crippen molar-refractivity contribution >= 4 is 0 Å². The van der Waals surface area contributed by atoms with Crippen LogP contribution in [0.4, 0.5) is 0 Å². The highest BCUT2D eigenvalue weighted by molar-refractivity contribution is 4.58. The fourth-order valence-electron chi connectivity index (χ4n) is 1.40. The Morgan fingerprint density at radius 2 is 2.06 bits per heavy atom. The Hall–Kier alpha value is -0.160. The second kappa shape index (κ2) is 12.9. The molecule has 0 amide bonds. The third-order valence-electron chi connectivity index (χ3n) is 2.39. The molecule has 0 aromatic rings. The zero-order chi connectivity index (χ0) is 12.1. The predicted molar refractivity (Wildman–Crippen MR) is 67.5 cm³/mol. The summed E-state index contributed by atoms with van der Waals surface area (Å²) in [5.74, 6) is 0. The largest absolute Gasteiger partial charge is 0.389 e. The maximum absolute atomic E-state index is 9.53. The van der Waals surface area contributed by atoms with E-state index in [2.05, 4.69) is 12.2 Å². The first kappa shape index (κ1) is 15.8. The van der Waals surface area contributed by atoms with E-state index in [0.29, 0.717) is 19.7 Å². The van der Waals surface area contributed by atoms with E-state index < -0.39 is 6.10 Å². The zero-order valence-corrected chi connectivity index (χ0v) is 10.6. The molecule has 0 bridgehead atoms. The van der Waals surface area contributed by atoms with Crippen molar-refractivity contribution in [3.05, 3.63) is 0 Å². The lowest BCUT2D eigenvalue weighted by Gasteiger charge is -2.12. The van der Waals surface area contributed by atoms with Crippen molar-refractivity contribution in [2.45, 2.75) is 45.1 Å². The summed E-state index contributed by atoms with van der Waals surface area (Å²) in [5.41, 5.74) is 5.36. The van der Waals surface area contributed by atoms with Crippen molar-refractivity contribution in [3.63, 3.8) is 0 Å². The highest BCUT2D eigenvalue weighted by atomic mass is 16.5. The van der Waals surface area contributed by atoms with Crippen LogP contribution in [0.15, 0.2) is 0 Å². The molecule has 4 nitrogen and oxygen atoms in total. The van der Waals surface area contributed by atoms with E-state index in [9.17, 15) is 5.11 Å². The van der Waals surface area contributed by atoms with Gasteiger partial charge in [0, 0.05) is 13.2 Å². The van der Waals surface area contributed by atoms with Crippen LogP contribution < -0.4 is 11.1 Å². The van der Waals surface area contributed by atoms with Crippen LogP contribution in [0, 0.1) is 0 Å². The molecule has 0 aromatic carbocycles. The van der Waals surface area contributed by atoms with Crippen LogP contribution in [0.2, 0.25) is 0 Å². The summed E-state index contributed by atoms with van der Waals surface area (Å²) in [6.07, 6.45) is 5.39. The minimum Gasteiger partial charge on any atom is -0.389 e. The summed E-state index contributed by atoms with van der Waals surface area (Å²) >= 11 is 0. The molecule has 16 heavy (non-hydrogen) atoms. The van der Waals surface area contributed by atoms with Gasteiger partial charge in [-0.15, -0.1) is 0 Å². The molecule has 0 aliphatic rings. The molecule has 0 saturated carbocycles. The highest BCUT2D eigenvalue weighted by Gasteiger charge is 2.02. The summed E-state index contributed by atoms with van der Waals surface area (Å²) in [5, 5.41) is 12.7. The molecule has 0 rings (SSSR count). The van der Waals surface area contributed by atoms with Crippen LogP contribution in [0.3, 0.4) is 0 Å². The molecular weight excluding hydrogens is 204 g/mol. The minimum absolute atomic E-state index is 0.399. The molecule has 0 heterocycles. The van der Waals surface area contributed by atoms with Crippen molar-refractivity contribution in [1.82, 2.24) is 5.32 Å². The Morgan fingerprint density at radius 3 is 2.75 bits per heavy atom. The summed E-state index contributed by atoms with van der Waals surface area (Å²) < 4.78 is 5.38. The topological polar surface area (TPSA) is 67.5 Å². The van der Waals surface area contributed by atoms with Crippen LogP contribution in [0.5, 0.6) is 0 Å². The Kier molecular flexibility index (Phi) is 12.8. The molecule has 4 heteroatoms. The van der Waals surface area contributed by atoms with Crippen LogP contribution in [-0.4, -0.2) is 44.1 Å². The van der Waals surface area contributed by atoms with Gasteiger partial charge < -0.3 is 20.9 Å². The van der Waals surface area contributed by atoms with Gasteiger partial charge in [0.25, 0.3) is 0 Å². The lowest BCUT2D eigenvalue weighted by molar-refractivity contribution is 0.0355. The van der Waals surface area contributed by atoms with Gasteiger partial charge in [0.2, 0.25) is 0 Å². The van der Waals surface area contributed by atoms with E-state index in [1.54, 1.807) is 0 Å². The number of rotatable bonds is 12. The number of hydrogen-bond acceptors (Lipinski definition) is 4. The summed E-state index contributed by atoms with van der Waals surface area (Å²) in [6.45, 7) is 5.54. The summed E-state index contributed by atoms with van der Waals surface area (Å²) in [6, 6.07) is 0. The number of aliphatic hydroxyl groups excluding tert-OH is 1. The van der Waals surface area contributed by atoms with Gasteiger partial charge in [-0.25, -0.2) is 0 Å². The maximum Gasteiger partial charge on any atom is 0.0897 e. The molecule has 4 N–H and O–H groups in total. The predicted octanol–water partition coefficient (Wildman–Crippen LogP) is 0.883. The normalized spacial score (nSPS) is 12.9. The van der Waals surface area contributed by atoms with Gasteiger partial charge in [0.05, 0.1) is 12.7 Å². The second-order valence-electron chi connectivity index (χ2n) is 4.14. The number of unbranched alkanes of at least 4 members (excludes halogenated alkanes) is 3. The Bertz CT molecular complexity index is 134. The molecule has 0 aliphatic carbocycles. The van der Waals surface area contributed by atoms with E-state index >= 15 is 0 Å². The first-order chi connectivity index (χ1) is 7.81. The molecule has 98 valence electrons. The fraction of sp³-hybridized carbons (Fsp3) is 1.00. The van der Waals surface area contributed by atoms with Gasteiger partial charge in [-0.1, -0.05) is 26.2 Å². The second-order valence-corrected chi connectivity index (χ2v) is 4.14. The molecule has 0 saturated heterocycles. The third-order valence-corrected chi connectivity index (χ3v) is 2.39. The SMILES string of the molecule is CCCCCCOCC(O)CNCCCN. The van der Waals surface area contributed by atoms with Gasteiger partial charge >= 0.3 is 0 Å². The Morgan fingerprint density at radius 1 is 1.25 bits per heavy atom. The average Bonchev–Trinajstić information content (AvgIpc) is 2.29.